The van der Waals surface area contributed by atoms with Crippen molar-refractivity contribution in [2.75, 3.05) is 0 Å². The molecule has 0 bridgehead atoms. The Morgan fingerprint density at radius 2 is 2.23 bits per heavy atom. The van der Waals surface area contributed by atoms with Gasteiger partial charge >= 0.3 is 0 Å². The van der Waals surface area contributed by atoms with Crippen molar-refractivity contribution in [1.29, 1.82) is 0 Å². The Bertz CT molecular complexity index is 361. The maximum atomic E-state index is 10.4. The predicted octanol–water partition coefficient (Wildman–Crippen LogP) is 1.54. The van der Waals surface area contributed by atoms with Crippen LogP contribution < -0.4 is 5.73 Å². The van der Waals surface area contributed by atoms with Gasteiger partial charge in [0.25, 0.3) is 0 Å². The predicted molar refractivity (Wildman–Crippen MR) is 51.3 cm³/mol. The second kappa shape index (κ2) is 3.96. The van der Waals surface area contributed by atoms with Crippen LogP contribution in [0.25, 0.3) is 6.08 Å². The minimum atomic E-state index is -0.561. The summed E-state index contributed by atoms with van der Waals surface area (Å²) in [5, 5.41) is 9.76. The molecule has 0 spiro atoms. The van der Waals surface area contributed by atoms with Gasteiger partial charge in [0.15, 0.2) is 0 Å². The number of aromatic hydroxyl groups is 1. The highest BCUT2D eigenvalue weighted by molar-refractivity contribution is 6.30. The van der Waals surface area contributed by atoms with Gasteiger partial charge in [0, 0.05) is 16.7 Å². The molecule has 3 N–H and O–H groups in total. The zero-order valence-corrected chi connectivity index (χ0v) is 7.45. The number of phenolic OH excluding ortho intramolecular Hbond substituents is 1. The summed E-state index contributed by atoms with van der Waals surface area (Å²) >= 11 is 5.60. The molecule has 0 aromatic heterocycles. The van der Waals surface area contributed by atoms with Gasteiger partial charge < -0.3 is 10.8 Å². The maximum absolute atomic E-state index is 10.4. The van der Waals surface area contributed by atoms with E-state index in [0.717, 1.165) is 0 Å². The molecule has 0 unspecified atom stereocenters. The number of carbonyl (C=O) groups is 1. The van der Waals surface area contributed by atoms with Crippen molar-refractivity contribution >= 4 is 23.6 Å². The van der Waals surface area contributed by atoms with Crippen LogP contribution in [0, 0.1) is 0 Å². The lowest BCUT2D eigenvalue weighted by Gasteiger charge is -1.98. The molecule has 1 aromatic rings. The monoisotopic (exact) mass is 197 g/mol. The summed E-state index contributed by atoms with van der Waals surface area (Å²) in [6, 6.07) is 4.60. The van der Waals surface area contributed by atoms with Crippen molar-refractivity contribution < 1.29 is 9.90 Å². The van der Waals surface area contributed by atoms with Gasteiger partial charge in [-0.05, 0) is 24.3 Å². The summed E-state index contributed by atoms with van der Waals surface area (Å²) in [7, 11) is 0. The molecule has 0 aliphatic heterocycles. The number of carbonyl (C=O) groups excluding carboxylic acids is 1. The standard InChI is InChI=1S/C9H8ClNO2/c10-7-3-1-6(8(12)5-7)2-4-9(11)13/h1-5,12H,(H2,11,13). The molecule has 13 heavy (non-hydrogen) atoms. The fourth-order valence-electron chi connectivity index (χ4n) is 0.830. The minimum absolute atomic E-state index is 0.0185. The first-order chi connectivity index (χ1) is 6.09. The first-order valence-electron chi connectivity index (χ1n) is 3.55. The van der Waals surface area contributed by atoms with E-state index < -0.39 is 5.91 Å². The molecule has 0 saturated carbocycles. The Labute approximate surface area is 80.4 Å². The van der Waals surface area contributed by atoms with Gasteiger partial charge in [0.2, 0.25) is 5.91 Å². The summed E-state index contributed by atoms with van der Waals surface area (Å²) in [6.45, 7) is 0. The number of halogens is 1. The Morgan fingerprint density at radius 1 is 1.54 bits per heavy atom. The van der Waals surface area contributed by atoms with Crippen molar-refractivity contribution in [2.24, 2.45) is 5.73 Å². The van der Waals surface area contributed by atoms with Crippen LogP contribution in [0.15, 0.2) is 24.3 Å². The van der Waals surface area contributed by atoms with Gasteiger partial charge in [0.05, 0.1) is 0 Å². The molecular formula is C9H8ClNO2. The van der Waals surface area contributed by atoms with E-state index in [1.807, 2.05) is 0 Å². The van der Waals surface area contributed by atoms with Crippen molar-refractivity contribution in [2.45, 2.75) is 0 Å². The average Bonchev–Trinajstić information content (AvgIpc) is 2.02. The fraction of sp³-hybridized carbons (Fsp3) is 0. The Hall–Kier alpha value is -1.48. The Morgan fingerprint density at radius 3 is 2.77 bits per heavy atom. The van der Waals surface area contributed by atoms with Crippen LogP contribution in [0.2, 0.25) is 5.02 Å². The number of primary amides is 1. The van der Waals surface area contributed by atoms with Crippen LogP contribution in [-0.2, 0) is 4.79 Å². The Balaban J connectivity index is 2.96. The number of hydrogen-bond donors (Lipinski definition) is 2. The second-order valence-electron chi connectivity index (χ2n) is 2.44. The van der Waals surface area contributed by atoms with Crippen LogP contribution in [0.1, 0.15) is 5.56 Å². The van der Waals surface area contributed by atoms with Crippen molar-refractivity contribution in [3.63, 3.8) is 0 Å². The molecule has 3 nitrogen and oxygen atoms in total. The van der Waals surface area contributed by atoms with E-state index in [4.69, 9.17) is 17.3 Å². The van der Waals surface area contributed by atoms with E-state index in [1.54, 1.807) is 12.1 Å². The molecule has 0 aliphatic rings. The van der Waals surface area contributed by atoms with Crippen LogP contribution in [-0.4, -0.2) is 11.0 Å². The van der Waals surface area contributed by atoms with Crippen LogP contribution in [0.3, 0.4) is 0 Å². The summed E-state index contributed by atoms with van der Waals surface area (Å²) in [6.07, 6.45) is 2.59. The topological polar surface area (TPSA) is 63.3 Å². The van der Waals surface area contributed by atoms with Gasteiger partial charge in [-0.1, -0.05) is 11.6 Å². The van der Waals surface area contributed by atoms with E-state index in [9.17, 15) is 9.90 Å². The van der Waals surface area contributed by atoms with Crippen LogP contribution in [0.4, 0.5) is 0 Å². The number of nitrogens with two attached hydrogens (primary N) is 1. The fourth-order valence-corrected chi connectivity index (χ4v) is 0.996. The molecule has 0 heterocycles. The quantitative estimate of drug-likeness (QED) is 0.707. The van der Waals surface area contributed by atoms with Gasteiger partial charge in [-0.25, -0.2) is 0 Å². The number of benzene rings is 1. The second-order valence-corrected chi connectivity index (χ2v) is 2.88. The normalized spacial score (nSPS) is 10.5. The summed E-state index contributed by atoms with van der Waals surface area (Å²) in [4.78, 5) is 10.4. The zero-order chi connectivity index (χ0) is 9.84. The molecule has 4 heteroatoms. The number of phenols is 1. The van der Waals surface area contributed by atoms with E-state index in [1.165, 1.54) is 18.2 Å². The van der Waals surface area contributed by atoms with E-state index in [-0.39, 0.29) is 5.75 Å². The van der Waals surface area contributed by atoms with Crippen molar-refractivity contribution in [1.82, 2.24) is 0 Å². The molecular weight excluding hydrogens is 190 g/mol. The maximum Gasteiger partial charge on any atom is 0.241 e. The third kappa shape index (κ3) is 2.80. The number of amides is 1. The highest BCUT2D eigenvalue weighted by Gasteiger charge is 1.97. The summed E-state index contributed by atoms with van der Waals surface area (Å²) in [5.41, 5.74) is 5.39. The summed E-state index contributed by atoms with van der Waals surface area (Å²) < 4.78 is 0. The highest BCUT2D eigenvalue weighted by atomic mass is 35.5. The van der Waals surface area contributed by atoms with Crippen molar-refractivity contribution in [3.8, 4) is 5.75 Å². The molecule has 0 aliphatic carbocycles. The molecule has 1 rings (SSSR count). The zero-order valence-electron chi connectivity index (χ0n) is 6.70. The van der Waals surface area contributed by atoms with E-state index >= 15 is 0 Å². The number of hydrogen-bond acceptors (Lipinski definition) is 2. The van der Waals surface area contributed by atoms with Gasteiger partial charge in [0.1, 0.15) is 5.75 Å². The lowest BCUT2D eigenvalue weighted by atomic mass is 10.2. The molecule has 1 aromatic carbocycles. The first-order valence-corrected chi connectivity index (χ1v) is 3.93. The average molecular weight is 198 g/mol. The molecule has 68 valence electrons. The van der Waals surface area contributed by atoms with Gasteiger partial charge in [-0.15, -0.1) is 0 Å². The van der Waals surface area contributed by atoms with E-state index in [2.05, 4.69) is 0 Å². The number of rotatable bonds is 2. The molecule has 0 fully saturated rings. The van der Waals surface area contributed by atoms with Crippen molar-refractivity contribution in [3.05, 3.63) is 34.9 Å². The van der Waals surface area contributed by atoms with Crippen LogP contribution >= 0.6 is 11.6 Å². The summed E-state index contributed by atoms with van der Waals surface area (Å²) in [5.74, 6) is -0.542. The SMILES string of the molecule is NC(=O)C=Cc1ccc(Cl)cc1O. The highest BCUT2D eigenvalue weighted by Crippen LogP contribution is 2.22. The molecule has 0 saturated heterocycles. The molecule has 0 atom stereocenters. The third-order valence-electron chi connectivity index (χ3n) is 1.42. The largest absolute Gasteiger partial charge is 0.507 e. The Kier molecular flexibility index (Phi) is 2.93. The van der Waals surface area contributed by atoms with Gasteiger partial charge in [-0.2, -0.15) is 0 Å². The molecule has 1 amide bonds. The smallest absolute Gasteiger partial charge is 0.241 e. The van der Waals surface area contributed by atoms with E-state index in [0.29, 0.717) is 10.6 Å². The molecule has 0 radical (unpaired) electrons. The lowest BCUT2D eigenvalue weighted by molar-refractivity contribution is -0.113. The minimum Gasteiger partial charge on any atom is -0.507 e. The van der Waals surface area contributed by atoms with Gasteiger partial charge in [-0.3, -0.25) is 4.79 Å². The lowest BCUT2D eigenvalue weighted by Crippen LogP contribution is -2.05. The third-order valence-corrected chi connectivity index (χ3v) is 1.65. The first kappa shape index (κ1) is 9.61. The van der Waals surface area contributed by atoms with Crippen LogP contribution in [0.5, 0.6) is 5.75 Å².